The molecule has 6 nitrogen and oxygen atoms in total. The van der Waals surface area contributed by atoms with Crippen molar-refractivity contribution in [3.05, 3.63) is 29.8 Å². The van der Waals surface area contributed by atoms with Gasteiger partial charge in [0.25, 0.3) is 10.0 Å². The number of nitrogens with zero attached hydrogens (tertiary/aromatic N) is 3. The fourth-order valence-corrected chi connectivity index (χ4v) is 4.09. The first-order valence-electron chi connectivity index (χ1n) is 8.50. The Bertz CT molecular complexity index is 674. The van der Waals surface area contributed by atoms with Gasteiger partial charge in [0.15, 0.2) is 0 Å². The van der Waals surface area contributed by atoms with Gasteiger partial charge in [-0.05, 0) is 45.0 Å². The van der Waals surface area contributed by atoms with Gasteiger partial charge in [-0.15, -0.1) is 4.40 Å². The first-order valence-corrected chi connectivity index (χ1v) is 9.94. The number of sulfonamides is 1. The van der Waals surface area contributed by atoms with E-state index in [0.29, 0.717) is 38.7 Å². The van der Waals surface area contributed by atoms with Crippen molar-refractivity contribution in [3.8, 4) is 0 Å². The second-order valence-electron chi connectivity index (χ2n) is 6.38. The Kier molecular flexibility index (Phi) is 5.53. The Labute approximate surface area is 144 Å². The zero-order valence-electron chi connectivity index (χ0n) is 14.1. The van der Waals surface area contributed by atoms with Crippen LogP contribution < -0.4 is 0 Å². The predicted octanol–water partition coefficient (Wildman–Crippen LogP) is 1.51. The van der Waals surface area contributed by atoms with Crippen molar-refractivity contribution in [2.24, 2.45) is 4.40 Å². The van der Waals surface area contributed by atoms with Crippen LogP contribution in [0, 0.1) is 6.92 Å². The zero-order valence-corrected chi connectivity index (χ0v) is 15.0. The number of rotatable bonds is 4. The highest BCUT2D eigenvalue weighted by molar-refractivity contribution is 7.90. The number of likely N-dealkylation sites (tertiary alicyclic amines) is 1. The van der Waals surface area contributed by atoms with Crippen molar-refractivity contribution in [2.75, 3.05) is 45.9 Å². The van der Waals surface area contributed by atoms with Crippen molar-refractivity contribution in [3.63, 3.8) is 0 Å². The highest BCUT2D eigenvalue weighted by Crippen LogP contribution is 2.16. The lowest BCUT2D eigenvalue weighted by Gasteiger charge is -2.31. The molecular formula is C17H25N3O3S. The van der Waals surface area contributed by atoms with E-state index in [1.807, 2.05) is 11.8 Å². The van der Waals surface area contributed by atoms with Gasteiger partial charge < -0.3 is 9.64 Å². The molecule has 24 heavy (non-hydrogen) atoms. The van der Waals surface area contributed by atoms with E-state index in [1.54, 1.807) is 24.3 Å². The first kappa shape index (κ1) is 17.4. The maximum absolute atomic E-state index is 12.7. The summed E-state index contributed by atoms with van der Waals surface area (Å²) in [7, 11) is -3.69. The molecule has 0 unspecified atom stereocenters. The molecule has 1 aromatic carbocycles. The second-order valence-corrected chi connectivity index (χ2v) is 7.98. The number of hydrogen-bond donors (Lipinski definition) is 0. The number of morpholine rings is 1. The molecule has 2 saturated heterocycles. The number of benzene rings is 1. The van der Waals surface area contributed by atoms with Crippen LogP contribution in [0.25, 0.3) is 0 Å². The van der Waals surface area contributed by atoms with Crippen LogP contribution in [0.5, 0.6) is 0 Å². The van der Waals surface area contributed by atoms with Crippen LogP contribution in [0.2, 0.25) is 0 Å². The van der Waals surface area contributed by atoms with Gasteiger partial charge in [0.2, 0.25) is 0 Å². The number of amidine groups is 1. The molecule has 0 spiro atoms. The molecule has 0 atom stereocenters. The maximum atomic E-state index is 12.7. The monoisotopic (exact) mass is 351 g/mol. The summed E-state index contributed by atoms with van der Waals surface area (Å²) in [6.07, 6.45) is 2.34. The Morgan fingerprint density at radius 2 is 1.71 bits per heavy atom. The predicted molar refractivity (Wildman–Crippen MR) is 93.9 cm³/mol. The van der Waals surface area contributed by atoms with Crippen LogP contribution in [0.1, 0.15) is 18.4 Å². The molecule has 132 valence electrons. The van der Waals surface area contributed by atoms with Crippen LogP contribution >= 0.6 is 0 Å². The topological polar surface area (TPSA) is 62.2 Å². The molecule has 2 fully saturated rings. The summed E-state index contributed by atoms with van der Waals surface area (Å²) in [6.45, 7) is 7.15. The summed E-state index contributed by atoms with van der Waals surface area (Å²) in [5.74, 6) is 0.640. The van der Waals surface area contributed by atoms with Crippen LogP contribution in [-0.2, 0) is 14.8 Å². The Hall–Kier alpha value is -1.44. The average molecular weight is 351 g/mol. The van der Waals surface area contributed by atoms with E-state index in [9.17, 15) is 8.42 Å². The highest BCUT2D eigenvalue weighted by atomic mass is 32.2. The van der Waals surface area contributed by atoms with Crippen molar-refractivity contribution < 1.29 is 13.2 Å². The highest BCUT2D eigenvalue weighted by Gasteiger charge is 2.23. The molecule has 0 amide bonds. The Morgan fingerprint density at radius 3 is 2.33 bits per heavy atom. The van der Waals surface area contributed by atoms with Crippen LogP contribution in [0.3, 0.4) is 0 Å². The largest absolute Gasteiger partial charge is 0.378 e. The molecule has 2 aliphatic rings. The van der Waals surface area contributed by atoms with Gasteiger partial charge in [-0.3, -0.25) is 4.90 Å². The first-order chi connectivity index (χ1) is 11.5. The normalized spacial score (nSPS) is 20.5. The van der Waals surface area contributed by atoms with E-state index in [0.717, 1.165) is 18.7 Å². The second kappa shape index (κ2) is 7.63. The summed E-state index contributed by atoms with van der Waals surface area (Å²) in [4.78, 5) is 4.58. The number of ether oxygens (including phenoxy) is 1. The van der Waals surface area contributed by atoms with E-state index in [-0.39, 0.29) is 4.90 Å². The van der Waals surface area contributed by atoms with Crippen molar-refractivity contribution in [1.29, 1.82) is 0 Å². The molecule has 0 N–H and O–H groups in total. The van der Waals surface area contributed by atoms with E-state index < -0.39 is 10.0 Å². The summed E-state index contributed by atoms with van der Waals surface area (Å²) >= 11 is 0. The SMILES string of the molecule is Cc1ccc(S(=O)(=O)/N=C(\CN2CCCC2)N2CCOCC2)cc1. The van der Waals surface area contributed by atoms with E-state index in [1.165, 1.54) is 12.8 Å². The Balaban J connectivity index is 1.86. The fourth-order valence-electron chi connectivity index (χ4n) is 3.05. The summed E-state index contributed by atoms with van der Waals surface area (Å²) < 4.78 is 35.0. The molecule has 3 rings (SSSR count). The van der Waals surface area contributed by atoms with Crippen molar-refractivity contribution in [1.82, 2.24) is 9.80 Å². The lowest BCUT2D eigenvalue weighted by molar-refractivity contribution is 0.0666. The molecule has 0 aromatic heterocycles. The summed E-state index contributed by atoms with van der Waals surface area (Å²) in [5.41, 5.74) is 1.03. The molecule has 2 aliphatic heterocycles. The van der Waals surface area contributed by atoms with Gasteiger partial charge in [0.1, 0.15) is 5.84 Å². The van der Waals surface area contributed by atoms with Gasteiger partial charge in [0.05, 0.1) is 24.7 Å². The zero-order chi connectivity index (χ0) is 17.0. The van der Waals surface area contributed by atoms with E-state index >= 15 is 0 Å². The standard InChI is InChI=1S/C17H25N3O3S/c1-15-4-6-16(7-5-15)24(21,22)18-17(14-19-8-2-3-9-19)20-10-12-23-13-11-20/h4-7H,2-3,8-14H2,1H3/b18-17+. The minimum Gasteiger partial charge on any atom is -0.378 e. The molecule has 0 aliphatic carbocycles. The third-order valence-electron chi connectivity index (χ3n) is 4.48. The maximum Gasteiger partial charge on any atom is 0.283 e. The quantitative estimate of drug-likeness (QED) is 0.608. The third kappa shape index (κ3) is 4.34. The van der Waals surface area contributed by atoms with Gasteiger partial charge in [-0.1, -0.05) is 17.7 Å². The van der Waals surface area contributed by atoms with Crippen LogP contribution in [0.15, 0.2) is 33.6 Å². The molecule has 2 heterocycles. The van der Waals surface area contributed by atoms with Gasteiger partial charge in [0, 0.05) is 13.1 Å². The summed E-state index contributed by atoms with van der Waals surface area (Å²) in [5, 5.41) is 0. The third-order valence-corrected chi connectivity index (χ3v) is 5.80. The fraction of sp³-hybridized carbons (Fsp3) is 0.588. The van der Waals surface area contributed by atoms with Crippen molar-refractivity contribution >= 4 is 15.9 Å². The van der Waals surface area contributed by atoms with Crippen LogP contribution in [0.4, 0.5) is 0 Å². The lowest BCUT2D eigenvalue weighted by Crippen LogP contribution is -2.45. The van der Waals surface area contributed by atoms with Gasteiger partial charge in [-0.2, -0.15) is 8.42 Å². The molecule has 0 bridgehead atoms. The molecule has 7 heteroatoms. The van der Waals surface area contributed by atoms with E-state index in [2.05, 4.69) is 9.30 Å². The smallest absolute Gasteiger partial charge is 0.283 e. The minimum absolute atomic E-state index is 0.250. The molecule has 0 radical (unpaired) electrons. The van der Waals surface area contributed by atoms with Gasteiger partial charge in [-0.25, -0.2) is 0 Å². The van der Waals surface area contributed by atoms with E-state index in [4.69, 9.17) is 4.74 Å². The summed E-state index contributed by atoms with van der Waals surface area (Å²) in [6, 6.07) is 6.86. The number of hydrogen-bond acceptors (Lipinski definition) is 4. The lowest BCUT2D eigenvalue weighted by atomic mass is 10.2. The molecule has 1 aromatic rings. The Morgan fingerprint density at radius 1 is 1.08 bits per heavy atom. The minimum atomic E-state index is -3.69. The average Bonchev–Trinajstić information content (AvgIpc) is 3.08. The van der Waals surface area contributed by atoms with Crippen molar-refractivity contribution in [2.45, 2.75) is 24.7 Å². The van der Waals surface area contributed by atoms with Crippen LogP contribution in [-0.4, -0.2) is 70.0 Å². The molecular weight excluding hydrogens is 326 g/mol. The number of aryl methyl sites for hydroxylation is 1. The van der Waals surface area contributed by atoms with Gasteiger partial charge >= 0.3 is 0 Å². The molecule has 0 saturated carbocycles.